The van der Waals surface area contributed by atoms with Crippen LogP contribution in [-0.4, -0.2) is 25.6 Å². The third kappa shape index (κ3) is 3.26. The first-order chi connectivity index (χ1) is 13.9. The van der Waals surface area contributed by atoms with Gasteiger partial charge < -0.3 is 9.47 Å². The standard InChI is InChI=1S/C21H26FN5O2/c1-4-5-11-27-19-18(20(28)24-21(27)29)25(3)16(23-19)12-26-10-6-7-14-13(2)8-9-15(22)17(14)26/h8-9H,4-7,10-12H2,1-3H3,(H,24,28,29). The van der Waals surface area contributed by atoms with Gasteiger partial charge in [0.05, 0.1) is 12.2 Å². The number of hydrogen-bond acceptors (Lipinski definition) is 4. The van der Waals surface area contributed by atoms with Crippen molar-refractivity contribution in [1.29, 1.82) is 0 Å². The lowest BCUT2D eigenvalue weighted by molar-refractivity contribution is 0.587. The number of imidazole rings is 1. The molecule has 154 valence electrons. The Balaban J connectivity index is 1.80. The van der Waals surface area contributed by atoms with Crippen LogP contribution in [0.2, 0.25) is 0 Å². The molecular weight excluding hydrogens is 373 g/mol. The van der Waals surface area contributed by atoms with Gasteiger partial charge in [-0.05, 0) is 43.4 Å². The maximum atomic E-state index is 14.7. The Bertz CT molecular complexity index is 1190. The van der Waals surface area contributed by atoms with E-state index in [1.165, 1.54) is 10.6 Å². The average molecular weight is 399 g/mol. The molecule has 0 radical (unpaired) electrons. The third-order valence-electron chi connectivity index (χ3n) is 5.81. The van der Waals surface area contributed by atoms with Crippen LogP contribution in [-0.2, 0) is 26.6 Å². The van der Waals surface area contributed by atoms with Crippen LogP contribution < -0.4 is 16.1 Å². The summed E-state index contributed by atoms with van der Waals surface area (Å²) in [6.45, 7) is 5.64. The first-order valence-electron chi connectivity index (χ1n) is 10.1. The molecule has 7 nitrogen and oxygen atoms in total. The van der Waals surface area contributed by atoms with Crippen molar-refractivity contribution in [3.05, 3.63) is 55.7 Å². The lowest BCUT2D eigenvalue weighted by atomic mass is 9.96. The molecule has 1 aromatic carbocycles. The SMILES string of the molecule is CCCCn1c(=O)[nH]c(=O)c2c1nc(CN1CCCc3c(C)ccc(F)c31)n2C. The highest BCUT2D eigenvalue weighted by Gasteiger charge is 2.25. The topological polar surface area (TPSA) is 75.9 Å². The molecule has 8 heteroatoms. The second-order valence-corrected chi connectivity index (χ2v) is 7.74. The van der Waals surface area contributed by atoms with Crippen LogP contribution in [0.15, 0.2) is 21.7 Å². The molecule has 3 heterocycles. The molecule has 1 aliphatic rings. The van der Waals surface area contributed by atoms with Gasteiger partial charge in [-0.2, -0.15) is 0 Å². The predicted octanol–water partition coefficient (Wildman–Crippen LogP) is 2.62. The van der Waals surface area contributed by atoms with Crippen LogP contribution in [0.25, 0.3) is 11.2 Å². The molecule has 2 aromatic heterocycles. The maximum Gasteiger partial charge on any atom is 0.330 e. The molecular formula is C21H26FN5O2. The summed E-state index contributed by atoms with van der Waals surface area (Å²) in [6, 6.07) is 3.33. The van der Waals surface area contributed by atoms with Crippen molar-refractivity contribution in [2.75, 3.05) is 11.4 Å². The van der Waals surface area contributed by atoms with Crippen LogP contribution in [0.4, 0.5) is 10.1 Å². The van der Waals surface area contributed by atoms with E-state index in [1.54, 1.807) is 11.6 Å². The number of anilines is 1. The zero-order valence-corrected chi connectivity index (χ0v) is 17.1. The number of halogens is 1. The number of nitrogens with one attached hydrogen (secondary N) is 1. The van der Waals surface area contributed by atoms with Crippen LogP contribution in [0.1, 0.15) is 43.1 Å². The Kier molecular flexibility index (Phi) is 5.02. The number of H-pyrrole nitrogens is 1. The summed E-state index contributed by atoms with van der Waals surface area (Å²) in [5, 5.41) is 0. The summed E-state index contributed by atoms with van der Waals surface area (Å²) >= 11 is 0. The number of hydrogen-bond donors (Lipinski definition) is 1. The normalized spacial score (nSPS) is 13.9. The van der Waals surface area contributed by atoms with Crippen LogP contribution >= 0.6 is 0 Å². The molecule has 0 fully saturated rings. The van der Waals surface area contributed by atoms with Gasteiger partial charge in [0.1, 0.15) is 11.6 Å². The Morgan fingerprint density at radius 2 is 2.07 bits per heavy atom. The first kappa shape index (κ1) is 19.4. The third-order valence-corrected chi connectivity index (χ3v) is 5.81. The lowest BCUT2D eigenvalue weighted by Crippen LogP contribution is -2.31. The van der Waals surface area contributed by atoms with E-state index in [-0.39, 0.29) is 5.82 Å². The Labute approximate surface area is 167 Å². The Hall–Kier alpha value is -2.90. The molecule has 0 atom stereocenters. The summed E-state index contributed by atoms with van der Waals surface area (Å²) in [7, 11) is 1.77. The van der Waals surface area contributed by atoms with Crippen molar-refractivity contribution in [3.63, 3.8) is 0 Å². The molecule has 0 aliphatic carbocycles. The molecule has 0 bridgehead atoms. The molecule has 0 spiro atoms. The van der Waals surface area contributed by atoms with E-state index in [4.69, 9.17) is 0 Å². The van der Waals surface area contributed by atoms with E-state index in [0.717, 1.165) is 43.4 Å². The zero-order chi connectivity index (χ0) is 20.7. The fourth-order valence-electron chi connectivity index (χ4n) is 4.21. The molecule has 4 rings (SSSR count). The van der Waals surface area contributed by atoms with Gasteiger partial charge in [0.25, 0.3) is 5.56 Å². The number of nitrogens with zero attached hydrogens (tertiary/aromatic N) is 4. The number of fused-ring (bicyclic) bond motifs is 2. The Morgan fingerprint density at radius 1 is 1.28 bits per heavy atom. The van der Waals surface area contributed by atoms with E-state index in [0.29, 0.717) is 35.8 Å². The first-order valence-corrected chi connectivity index (χ1v) is 10.1. The van der Waals surface area contributed by atoms with Gasteiger partial charge in [-0.3, -0.25) is 14.3 Å². The smallest absolute Gasteiger partial charge is 0.330 e. The lowest BCUT2D eigenvalue weighted by Gasteiger charge is -2.32. The van der Waals surface area contributed by atoms with Crippen LogP contribution in [0, 0.1) is 12.7 Å². The predicted molar refractivity (Wildman–Crippen MR) is 111 cm³/mol. The van der Waals surface area contributed by atoms with Crippen LogP contribution in [0.5, 0.6) is 0 Å². The highest BCUT2D eigenvalue weighted by atomic mass is 19.1. The second-order valence-electron chi connectivity index (χ2n) is 7.74. The van der Waals surface area contributed by atoms with Crippen LogP contribution in [0.3, 0.4) is 0 Å². The number of aromatic amines is 1. The minimum absolute atomic E-state index is 0.234. The number of aromatic nitrogens is 4. The van der Waals surface area contributed by atoms with Crippen molar-refractivity contribution >= 4 is 16.9 Å². The van der Waals surface area contributed by atoms with Crippen molar-refractivity contribution in [3.8, 4) is 0 Å². The van der Waals surface area contributed by atoms with E-state index in [2.05, 4.69) is 9.97 Å². The Morgan fingerprint density at radius 3 is 2.83 bits per heavy atom. The van der Waals surface area contributed by atoms with Crippen molar-refractivity contribution < 1.29 is 4.39 Å². The summed E-state index contributed by atoms with van der Waals surface area (Å²) in [4.78, 5) is 33.8. The molecule has 3 aromatic rings. The average Bonchev–Trinajstić information content (AvgIpc) is 3.01. The summed E-state index contributed by atoms with van der Waals surface area (Å²) < 4.78 is 17.9. The van der Waals surface area contributed by atoms with Gasteiger partial charge >= 0.3 is 5.69 Å². The summed E-state index contributed by atoms with van der Waals surface area (Å²) in [5.74, 6) is 0.400. The fourth-order valence-corrected chi connectivity index (χ4v) is 4.21. The van der Waals surface area contributed by atoms with Gasteiger partial charge in [-0.1, -0.05) is 19.4 Å². The number of benzene rings is 1. The molecule has 29 heavy (non-hydrogen) atoms. The summed E-state index contributed by atoms with van der Waals surface area (Å²) in [6.07, 6.45) is 3.53. The van der Waals surface area contributed by atoms with Gasteiger partial charge in [0.2, 0.25) is 0 Å². The molecule has 0 unspecified atom stereocenters. The fraction of sp³-hybridized carbons (Fsp3) is 0.476. The van der Waals surface area contributed by atoms with Gasteiger partial charge in [0.15, 0.2) is 11.2 Å². The second kappa shape index (κ2) is 7.50. The van der Waals surface area contributed by atoms with Crippen molar-refractivity contribution in [2.45, 2.75) is 52.6 Å². The van der Waals surface area contributed by atoms with Gasteiger partial charge in [-0.25, -0.2) is 14.2 Å². The van der Waals surface area contributed by atoms with E-state index >= 15 is 0 Å². The number of aryl methyl sites for hydroxylation is 3. The monoisotopic (exact) mass is 399 g/mol. The van der Waals surface area contributed by atoms with Gasteiger partial charge in [0, 0.05) is 20.1 Å². The number of unbranched alkanes of at least 4 members (excludes halogenated alkanes) is 1. The van der Waals surface area contributed by atoms with E-state index < -0.39 is 11.2 Å². The molecule has 0 saturated carbocycles. The zero-order valence-electron chi connectivity index (χ0n) is 17.1. The molecule has 0 saturated heterocycles. The highest BCUT2D eigenvalue weighted by Crippen LogP contribution is 2.33. The van der Waals surface area contributed by atoms with E-state index in [1.807, 2.05) is 24.8 Å². The quantitative estimate of drug-likeness (QED) is 0.716. The summed E-state index contributed by atoms with van der Waals surface area (Å²) in [5.41, 5.74) is 2.63. The highest BCUT2D eigenvalue weighted by molar-refractivity contribution is 5.71. The minimum atomic E-state index is -0.444. The molecule has 1 N–H and O–H groups in total. The minimum Gasteiger partial charge on any atom is -0.361 e. The van der Waals surface area contributed by atoms with Crippen molar-refractivity contribution in [1.82, 2.24) is 19.1 Å². The van der Waals surface area contributed by atoms with E-state index in [9.17, 15) is 14.0 Å². The number of rotatable bonds is 5. The maximum absolute atomic E-state index is 14.7. The largest absolute Gasteiger partial charge is 0.361 e. The van der Waals surface area contributed by atoms with Gasteiger partial charge in [-0.15, -0.1) is 0 Å². The van der Waals surface area contributed by atoms with Crippen molar-refractivity contribution in [2.24, 2.45) is 7.05 Å². The molecule has 1 aliphatic heterocycles. The molecule has 0 amide bonds.